The molecule has 4 nitrogen and oxygen atoms in total. The summed E-state index contributed by atoms with van der Waals surface area (Å²) in [7, 11) is 0. The topological polar surface area (TPSA) is 36.4 Å². The Bertz CT molecular complexity index is 878. The number of alkyl halides is 3. The molecule has 2 aliphatic rings. The first kappa shape index (κ1) is 19.7. The van der Waals surface area contributed by atoms with Crippen molar-refractivity contribution in [2.45, 2.75) is 37.8 Å². The first-order valence-corrected chi connectivity index (χ1v) is 10.1. The van der Waals surface area contributed by atoms with Crippen LogP contribution in [0.5, 0.6) is 0 Å². The maximum absolute atomic E-state index is 13.3. The maximum atomic E-state index is 13.3. The number of hydrogen-bond acceptors (Lipinski definition) is 3. The quantitative estimate of drug-likeness (QED) is 0.744. The normalized spacial score (nSPS) is 20.2. The number of anilines is 1. The number of carbonyl (C=O) groups excluding carboxylic acids is 1. The third kappa shape index (κ3) is 4.23. The van der Waals surface area contributed by atoms with Crippen molar-refractivity contribution in [2.24, 2.45) is 0 Å². The fraction of sp³-hybridized carbons (Fsp3) is 0.455. The summed E-state index contributed by atoms with van der Waals surface area (Å²) in [5, 5.41) is 0. The van der Waals surface area contributed by atoms with Crippen LogP contribution in [0.3, 0.4) is 0 Å². The second-order valence-corrected chi connectivity index (χ2v) is 7.75. The van der Waals surface area contributed by atoms with E-state index in [1.165, 1.54) is 18.6 Å². The maximum Gasteiger partial charge on any atom is 0.416 e. The number of benzene rings is 1. The van der Waals surface area contributed by atoms with E-state index in [1.807, 2.05) is 12.1 Å². The van der Waals surface area contributed by atoms with Crippen LogP contribution in [0.4, 0.5) is 19.0 Å². The first-order chi connectivity index (χ1) is 13.9. The number of pyridine rings is 1. The SMILES string of the molecule is O=C(c1cccc(N2CCCCC2)n1)N1CCC(c2ccccc2C(F)(F)F)C1. The van der Waals surface area contributed by atoms with Gasteiger partial charge in [0.15, 0.2) is 0 Å². The molecule has 29 heavy (non-hydrogen) atoms. The van der Waals surface area contributed by atoms with Crippen LogP contribution in [0.1, 0.15) is 53.2 Å². The summed E-state index contributed by atoms with van der Waals surface area (Å²) >= 11 is 0. The molecule has 0 spiro atoms. The van der Waals surface area contributed by atoms with E-state index in [4.69, 9.17) is 0 Å². The molecule has 0 aliphatic carbocycles. The van der Waals surface area contributed by atoms with E-state index in [2.05, 4.69) is 9.88 Å². The lowest BCUT2D eigenvalue weighted by Crippen LogP contribution is -2.32. The zero-order valence-corrected chi connectivity index (χ0v) is 16.2. The van der Waals surface area contributed by atoms with Gasteiger partial charge < -0.3 is 9.80 Å². The van der Waals surface area contributed by atoms with Gasteiger partial charge in [0, 0.05) is 32.1 Å². The molecule has 1 aromatic carbocycles. The number of amides is 1. The van der Waals surface area contributed by atoms with Gasteiger partial charge in [-0.2, -0.15) is 13.2 Å². The van der Waals surface area contributed by atoms with Crippen molar-refractivity contribution < 1.29 is 18.0 Å². The second kappa shape index (κ2) is 8.05. The van der Waals surface area contributed by atoms with Crippen molar-refractivity contribution in [3.05, 3.63) is 59.3 Å². The molecular weight excluding hydrogens is 379 g/mol. The minimum absolute atomic E-state index is 0.212. The Labute approximate surface area is 168 Å². The van der Waals surface area contributed by atoms with E-state index >= 15 is 0 Å². The number of hydrogen-bond donors (Lipinski definition) is 0. The van der Waals surface area contributed by atoms with Crippen molar-refractivity contribution in [1.29, 1.82) is 0 Å². The molecule has 2 aliphatic heterocycles. The molecule has 0 radical (unpaired) electrons. The van der Waals surface area contributed by atoms with E-state index in [1.54, 1.807) is 17.0 Å². The Morgan fingerprint density at radius 3 is 2.48 bits per heavy atom. The standard InChI is InChI=1S/C22H24F3N3O/c23-22(24,25)18-8-3-2-7-17(18)16-11-14-28(15-16)21(29)19-9-6-10-20(26-19)27-12-4-1-5-13-27/h2-3,6-10,16H,1,4-5,11-15H2. The zero-order chi connectivity index (χ0) is 20.4. The van der Waals surface area contributed by atoms with Gasteiger partial charge in [0.25, 0.3) is 5.91 Å². The van der Waals surface area contributed by atoms with Gasteiger partial charge in [0.05, 0.1) is 5.56 Å². The molecule has 2 aromatic rings. The van der Waals surface area contributed by atoms with Gasteiger partial charge in [-0.3, -0.25) is 4.79 Å². The fourth-order valence-corrected chi connectivity index (χ4v) is 4.31. The summed E-state index contributed by atoms with van der Waals surface area (Å²) in [5.74, 6) is 0.270. The molecule has 1 amide bonds. The van der Waals surface area contributed by atoms with E-state index in [-0.39, 0.29) is 23.9 Å². The van der Waals surface area contributed by atoms with Crippen LogP contribution in [-0.2, 0) is 6.18 Å². The van der Waals surface area contributed by atoms with Gasteiger partial charge in [0.1, 0.15) is 11.5 Å². The molecule has 2 fully saturated rings. The van der Waals surface area contributed by atoms with Crippen LogP contribution >= 0.6 is 0 Å². The molecule has 0 bridgehead atoms. The number of nitrogens with zero attached hydrogens (tertiary/aromatic N) is 3. The minimum Gasteiger partial charge on any atom is -0.357 e. The van der Waals surface area contributed by atoms with E-state index < -0.39 is 11.7 Å². The largest absolute Gasteiger partial charge is 0.416 e. The summed E-state index contributed by atoms with van der Waals surface area (Å²) in [6.45, 7) is 2.59. The molecule has 0 N–H and O–H groups in total. The molecule has 2 saturated heterocycles. The lowest BCUT2D eigenvalue weighted by Gasteiger charge is -2.28. The smallest absolute Gasteiger partial charge is 0.357 e. The van der Waals surface area contributed by atoms with E-state index in [0.717, 1.165) is 37.8 Å². The third-order valence-electron chi connectivity index (χ3n) is 5.82. The highest BCUT2D eigenvalue weighted by Crippen LogP contribution is 2.38. The fourth-order valence-electron chi connectivity index (χ4n) is 4.31. The van der Waals surface area contributed by atoms with Crippen LogP contribution in [0, 0.1) is 0 Å². The molecular formula is C22H24F3N3O. The number of piperidine rings is 1. The van der Waals surface area contributed by atoms with Crippen LogP contribution < -0.4 is 4.90 Å². The Morgan fingerprint density at radius 2 is 1.72 bits per heavy atom. The molecule has 7 heteroatoms. The second-order valence-electron chi connectivity index (χ2n) is 7.75. The first-order valence-electron chi connectivity index (χ1n) is 10.1. The Morgan fingerprint density at radius 1 is 0.966 bits per heavy atom. The predicted octanol–water partition coefficient (Wildman–Crippen LogP) is 4.72. The molecule has 1 aromatic heterocycles. The van der Waals surface area contributed by atoms with Crippen molar-refractivity contribution in [1.82, 2.24) is 9.88 Å². The van der Waals surface area contributed by atoms with Crippen molar-refractivity contribution in [3.63, 3.8) is 0 Å². The lowest BCUT2D eigenvalue weighted by atomic mass is 9.93. The van der Waals surface area contributed by atoms with Gasteiger partial charge >= 0.3 is 6.18 Å². The highest BCUT2D eigenvalue weighted by molar-refractivity contribution is 5.93. The van der Waals surface area contributed by atoms with Crippen LogP contribution in [0.25, 0.3) is 0 Å². The Hall–Kier alpha value is -2.57. The Balaban J connectivity index is 1.49. The summed E-state index contributed by atoms with van der Waals surface area (Å²) in [4.78, 5) is 21.3. The molecule has 154 valence electrons. The lowest BCUT2D eigenvalue weighted by molar-refractivity contribution is -0.138. The summed E-state index contributed by atoms with van der Waals surface area (Å²) < 4.78 is 40.0. The van der Waals surface area contributed by atoms with Crippen LogP contribution in [-0.4, -0.2) is 42.0 Å². The number of halogens is 3. The van der Waals surface area contributed by atoms with E-state index in [9.17, 15) is 18.0 Å². The average molecular weight is 403 g/mol. The highest BCUT2D eigenvalue weighted by atomic mass is 19.4. The Kier molecular flexibility index (Phi) is 5.48. The third-order valence-corrected chi connectivity index (χ3v) is 5.82. The molecule has 1 atom stereocenters. The molecule has 0 saturated carbocycles. The summed E-state index contributed by atoms with van der Waals surface area (Å²) in [6, 6.07) is 11.1. The predicted molar refractivity (Wildman–Crippen MR) is 105 cm³/mol. The number of aromatic nitrogens is 1. The molecule has 3 heterocycles. The van der Waals surface area contributed by atoms with Gasteiger partial charge in [-0.15, -0.1) is 0 Å². The molecule has 4 rings (SSSR count). The van der Waals surface area contributed by atoms with Crippen molar-refractivity contribution >= 4 is 11.7 Å². The van der Waals surface area contributed by atoms with E-state index in [0.29, 0.717) is 18.7 Å². The minimum atomic E-state index is -4.39. The van der Waals surface area contributed by atoms with Gasteiger partial charge in [-0.25, -0.2) is 4.98 Å². The molecule has 1 unspecified atom stereocenters. The highest BCUT2D eigenvalue weighted by Gasteiger charge is 2.37. The monoisotopic (exact) mass is 403 g/mol. The van der Waals surface area contributed by atoms with Crippen molar-refractivity contribution in [2.75, 3.05) is 31.1 Å². The van der Waals surface area contributed by atoms with Crippen molar-refractivity contribution in [3.8, 4) is 0 Å². The van der Waals surface area contributed by atoms with Gasteiger partial charge in [-0.1, -0.05) is 24.3 Å². The number of rotatable bonds is 3. The average Bonchev–Trinajstić information content (AvgIpc) is 3.23. The van der Waals surface area contributed by atoms with Crippen LogP contribution in [0.2, 0.25) is 0 Å². The van der Waals surface area contributed by atoms with Crippen LogP contribution in [0.15, 0.2) is 42.5 Å². The zero-order valence-electron chi connectivity index (χ0n) is 16.2. The summed E-state index contributed by atoms with van der Waals surface area (Å²) in [5.41, 5.74) is 0.0210. The van der Waals surface area contributed by atoms with Gasteiger partial charge in [0.2, 0.25) is 0 Å². The summed E-state index contributed by atoms with van der Waals surface area (Å²) in [6.07, 6.45) is -0.425. The number of likely N-dealkylation sites (tertiary alicyclic amines) is 1. The van der Waals surface area contributed by atoms with Gasteiger partial charge in [-0.05, 0) is 49.4 Å². The number of carbonyl (C=O) groups is 1.